The molecule has 0 amide bonds. The lowest BCUT2D eigenvalue weighted by atomic mass is 10.2. The molecule has 154 valence electrons. The van der Waals surface area contributed by atoms with Crippen molar-refractivity contribution < 1.29 is 22.4 Å². The Hall–Kier alpha value is -3.96. The van der Waals surface area contributed by atoms with E-state index in [9.17, 15) is 13.2 Å². The smallest absolute Gasteiger partial charge is 0.416 e. The number of hydrogen-bond donors (Lipinski definition) is 1. The Morgan fingerprint density at radius 2 is 1.80 bits per heavy atom. The Labute approximate surface area is 167 Å². The van der Waals surface area contributed by atoms with Crippen LogP contribution in [0, 0.1) is 0 Å². The minimum absolute atomic E-state index is 0.0277. The summed E-state index contributed by atoms with van der Waals surface area (Å²) in [5.41, 5.74) is 6.36. The number of nitrogen functional groups attached to an aromatic ring is 1. The highest BCUT2D eigenvalue weighted by atomic mass is 19.4. The molecule has 0 unspecified atom stereocenters. The lowest BCUT2D eigenvalue weighted by Gasteiger charge is -2.10. The van der Waals surface area contributed by atoms with Crippen molar-refractivity contribution in [3.63, 3.8) is 0 Å². The van der Waals surface area contributed by atoms with Crippen LogP contribution in [0.15, 0.2) is 47.4 Å². The predicted molar refractivity (Wildman–Crippen MR) is 97.7 cm³/mol. The van der Waals surface area contributed by atoms with Gasteiger partial charge in [0.1, 0.15) is 12.4 Å². The number of benzene rings is 1. The predicted octanol–water partition coefficient (Wildman–Crippen LogP) is 3.11. The van der Waals surface area contributed by atoms with E-state index in [1.54, 1.807) is 11.7 Å². The van der Waals surface area contributed by atoms with Gasteiger partial charge >= 0.3 is 6.18 Å². The van der Waals surface area contributed by atoms with Crippen molar-refractivity contribution in [1.29, 1.82) is 0 Å². The van der Waals surface area contributed by atoms with E-state index >= 15 is 0 Å². The molecular formula is C18H14F3N7O2. The third kappa shape index (κ3) is 3.92. The summed E-state index contributed by atoms with van der Waals surface area (Å²) < 4.78 is 50.5. The summed E-state index contributed by atoms with van der Waals surface area (Å²) in [4.78, 5) is 12.1. The van der Waals surface area contributed by atoms with Gasteiger partial charge in [-0.1, -0.05) is 5.16 Å². The van der Waals surface area contributed by atoms with Crippen molar-refractivity contribution >= 4 is 5.95 Å². The summed E-state index contributed by atoms with van der Waals surface area (Å²) in [6.45, 7) is 0.0277. The summed E-state index contributed by atoms with van der Waals surface area (Å²) in [7, 11) is 1.69. The zero-order valence-corrected chi connectivity index (χ0v) is 15.5. The van der Waals surface area contributed by atoms with Crippen LogP contribution in [0.2, 0.25) is 0 Å². The Bertz CT molecular complexity index is 1150. The zero-order valence-electron chi connectivity index (χ0n) is 15.5. The lowest BCUT2D eigenvalue weighted by molar-refractivity contribution is -0.137. The number of rotatable bonds is 5. The molecule has 30 heavy (non-hydrogen) atoms. The van der Waals surface area contributed by atoms with Gasteiger partial charge < -0.3 is 15.0 Å². The first kappa shape index (κ1) is 19.4. The van der Waals surface area contributed by atoms with Crippen LogP contribution in [0.5, 0.6) is 5.75 Å². The summed E-state index contributed by atoms with van der Waals surface area (Å²) in [6.07, 6.45) is 0.0603. The number of ether oxygens (including phenoxy) is 1. The van der Waals surface area contributed by atoms with E-state index in [-0.39, 0.29) is 30.0 Å². The molecule has 2 N–H and O–H groups in total. The highest BCUT2D eigenvalue weighted by molar-refractivity contribution is 5.60. The maximum Gasteiger partial charge on any atom is 0.416 e. The number of aryl methyl sites for hydroxylation is 1. The molecule has 0 bridgehead atoms. The van der Waals surface area contributed by atoms with Crippen molar-refractivity contribution in [3.05, 3.63) is 54.1 Å². The molecule has 0 spiro atoms. The van der Waals surface area contributed by atoms with Crippen LogP contribution in [0.1, 0.15) is 11.3 Å². The molecule has 3 aromatic heterocycles. The number of alkyl halides is 3. The number of halogens is 3. The second-order valence-corrected chi connectivity index (χ2v) is 6.19. The van der Waals surface area contributed by atoms with E-state index in [0.717, 1.165) is 12.1 Å². The first-order valence-corrected chi connectivity index (χ1v) is 8.54. The minimum Gasteiger partial charge on any atom is -0.487 e. The van der Waals surface area contributed by atoms with Gasteiger partial charge in [0.25, 0.3) is 5.89 Å². The number of nitrogens with zero attached hydrogens (tertiary/aromatic N) is 6. The quantitative estimate of drug-likeness (QED) is 0.526. The summed E-state index contributed by atoms with van der Waals surface area (Å²) >= 11 is 0. The van der Waals surface area contributed by atoms with Gasteiger partial charge in [0.2, 0.25) is 11.8 Å². The monoisotopic (exact) mass is 417 g/mol. The molecule has 12 heteroatoms. The van der Waals surface area contributed by atoms with Crippen LogP contribution in [-0.2, 0) is 19.8 Å². The van der Waals surface area contributed by atoms with Gasteiger partial charge in [0.15, 0.2) is 0 Å². The summed E-state index contributed by atoms with van der Waals surface area (Å²) in [6, 6.07) is 4.42. The average Bonchev–Trinajstić information content (AvgIpc) is 3.33. The standard InChI is InChI=1S/C18H14F3N7O2/c1-28-14(9-29-12-4-2-11(3-5-12)18(19,20)21)13(8-25-28)16-26-15(27-30-16)10-6-23-17(22)24-7-10/h2-8H,9H2,1H3,(H2,22,23,24). The van der Waals surface area contributed by atoms with Crippen LogP contribution >= 0.6 is 0 Å². The molecule has 0 aliphatic rings. The van der Waals surface area contributed by atoms with Crippen molar-refractivity contribution in [2.24, 2.45) is 7.05 Å². The first-order chi connectivity index (χ1) is 14.3. The van der Waals surface area contributed by atoms with Crippen LogP contribution in [0.4, 0.5) is 19.1 Å². The van der Waals surface area contributed by atoms with Gasteiger partial charge in [-0.15, -0.1) is 0 Å². The van der Waals surface area contributed by atoms with Gasteiger partial charge in [-0.25, -0.2) is 9.97 Å². The van der Waals surface area contributed by atoms with E-state index in [0.29, 0.717) is 16.8 Å². The maximum absolute atomic E-state index is 12.7. The summed E-state index contributed by atoms with van der Waals surface area (Å²) in [5, 5.41) is 8.07. The Morgan fingerprint density at radius 1 is 1.10 bits per heavy atom. The first-order valence-electron chi connectivity index (χ1n) is 8.54. The normalized spacial score (nSPS) is 11.6. The molecule has 4 rings (SSSR count). The molecular weight excluding hydrogens is 403 g/mol. The third-order valence-electron chi connectivity index (χ3n) is 4.21. The van der Waals surface area contributed by atoms with Gasteiger partial charge in [-0.05, 0) is 24.3 Å². The number of anilines is 1. The fourth-order valence-corrected chi connectivity index (χ4v) is 2.61. The fraction of sp³-hybridized carbons (Fsp3) is 0.167. The minimum atomic E-state index is -4.40. The molecule has 0 radical (unpaired) electrons. The van der Waals surface area contributed by atoms with Crippen molar-refractivity contribution in [2.45, 2.75) is 12.8 Å². The Balaban J connectivity index is 1.53. The van der Waals surface area contributed by atoms with Gasteiger partial charge in [-0.2, -0.15) is 23.3 Å². The van der Waals surface area contributed by atoms with Crippen LogP contribution < -0.4 is 10.5 Å². The maximum atomic E-state index is 12.7. The molecule has 0 aliphatic heterocycles. The van der Waals surface area contributed by atoms with Crippen LogP contribution in [0.25, 0.3) is 22.8 Å². The molecule has 1 aromatic carbocycles. The summed E-state index contributed by atoms with van der Waals surface area (Å²) in [5.74, 6) is 0.863. The zero-order chi connectivity index (χ0) is 21.3. The Morgan fingerprint density at radius 3 is 2.47 bits per heavy atom. The number of nitrogens with two attached hydrogens (primary N) is 1. The second-order valence-electron chi connectivity index (χ2n) is 6.19. The third-order valence-corrected chi connectivity index (χ3v) is 4.21. The molecule has 3 heterocycles. The van der Waals surface area contributed by atoms with Crippen molar-refractivity contribution in [3.8, 4) is 28.6 Å². The van der Waals surface area contributed by atoms with Crippen LogP contribution in [0.3, 0.4) is 0 Å². The second kappa shape index (κ2) is 7.46. The number of aromatic nitrogens is 6. The lowest BCUT2D eigenvalue weighted by Crippen LogP contribution is -2.06. The highest BCUT2D eigenvalue weighted by Gasteiger charge is 2.30. The molecule has 4 aromatic rings. The highest BCUT2D eigenvalue weighted by Crippen LogP contribution is 2.31. The fourth-order valence-electron chi connectivity index (χ4n) is 2.61. The molecule has 0 saturated carbocycles. The molecule has 9 nitrogen and oxygen atoms in total. The van der Waals surface area contributed by atoms with Crippen molar-refractivity contribution in [2.75, 3.05) is 5.73 Å². The van der Waals surface area contributed by atoms with E-state index in [4.69, 9.17) is 15.0 Å². The molecule has 0 saturated heterocycles. The van der Waals surface area contributed by atoms with Crippen LogP contribution in [-0.4, -0.2) is 29.9 Å². The van der Waals surface area contributed by atoms with E-state index in [2.05, 4.69) is 25.2 Å². The van der Waals surface area contributed by atoms with E-state index in [1.165, 1.54) is 30.7 Å². The van der Waals surface area contributed by atoms with Gasteiger partial charge in [0.05, 0.1) is 28.6 Å². The molecule has 0 aliphatic carbocycles. The van der Waals surface area contributed by atoms with Gasteiger partial charge in [0, 0.05) is 19.4 Å². The molecule has 0 fully saturated rings. The topological polar surface area (TPSA) is 118 Å². The van der Waals surface area contributed by atoms with E-state index < -0.39 is 11.7 Å². The Kier molecular flexibility index (Phi) is 4.82. The average molecular weight is 417 g/mol. The number of hydrogen-bond acceptors (Lipinski definition) is 8. The molecule has 0 atom stereocenters. The van der Waals surface area contributed by atoms with Crippen molar-refractivity contribution in [1.82, 2.24) is 29.9 Å². The SMILES string of the molecule is Cn1ncc(-c2nc(-c3cnc(N)nc3)no2)c1COc1ccc(C(F)(F)F)cc1. The van der Waals surface area contributed by atoms with E-state index in [1.807, 2.05) is 0 Å². The largest absolute Gasteiger partial charge is 0.487 e. The van der Waals surface area contributed by atoms with Gasteiger partial charge in [-0.3, -0.25) is 4.68 Å².